The van der Waals surface area contributed by atoms with E-state index in [0.717, 1.165) is 6.42 Å². The lowest BCUT2D eigenvalue weighted by atomic mass is 10.1. The van der Waals surface area contributed by atoms with Crippen molar-refractivity contribution in [3.63, 3.8) is 0 Å². The van der Waals surface area contributed by atoms with Crippen LogP contribution in [0, 0.1) is 5.92 Å². The number of sulfone groups is 1. The van der Waals surface area contributed by atoms with E-state index < -0.39 is 31.9 Å². The number of nitrogens with zero attached hydrogens (tertiary/aromatic N) is 1. The van der Waals surface area contributed by atoms with Crippen LogP contribution in [0.1, 0.15) is 26.2 Å². The van der Waals surface area contributed by atoms with Gasteiger partial charge in [0.15, 0.2) is 15.9 Å². The van der Waals surface area contributed by atoms with Crippen LogP contribution in [0.5, 0.6) is 5.75 Å². The first-order chi connectivity index (χ1) is 13.2. The van der Waals surface area contributed by atoms with Crippen LogP contribution in [-0.4, -0.2) is 59.2 Å². The van der Waals surface area contributed by atoms with E-state index in [4.69, 9.17) is 4.74 Å². The third kappa shape index (κ3) is 4.78. The Morgan fingerprint density at radius 1 is 1.32 bits per heavy atom. The number of carbonyl (C=O) groups excluding carboxylic acids is 1. The molecule has 2 aliphatic rings. The van der Waals surface area contributed by atoms with Crippen LogP contribution < -0.4 is 14.4 Å². The van der Waals surface area contributed by atoms with Crippen molar-refractivity contribution < 1.29 is 26.4 Å². The van der Waals surface area contributed by atoms with Crippen molar-refractivity contribution in [2.24, 2.45) is 5.92 Å². The van der Waals surface area contributed by atoms with Crippen molar-refractivity contribution in [2.75, 3.05) is 34.7 Å². The van der Waals surface area contributed by atoms with Crippen molar-refractivity contribution >= 4 is 31.5 Å². The van der Waals surface area contributed by atoms with Crippen molar-refractivity contribution in [2.45, 2.75) is 32.3 Å². The summed E-state index contributed by atoms with van der Waals surface area (Å²) in [7, 11) is -7.03. The Bertz CT molecular complexity index is 929. The van der Waals surface area contributed by atoms with Gasteiger partial charge in [0, 0.05) is 6.54 Å². The van der Waals surface area contributed by atoms with Crippen molar-refractivity contribution in [3.8, 4) is 5.75 Å². The maximum absolute atomic E-state index is 13.2. The molecule has 0 saturated carbocycles. The molecule has 0 spiro atoms. The van der Waals surface area contributed by atoms with Crippen molar-refractivity contribution in [3.05, 3.63) is 24.3 Å². The number of benzene rings is 1. The number of fused-ring (bicyclic) bond motifs is 1. The smallest absolute Gasteiger partial charge is 0.263 e. The fourth-order valence-corrected chi connectivity index (χ4v) is 7.40. The molecule has 0 bridgehead atoms. The summed E-state index contributed by atoms with van der Waals surface area (Å²) in [6.45, 7) is 2.27. The molecule has 0 unspecified atom stereocenters. The SMILES string of the molecule is CCCNC(=O)[C@H]1CN(S(=O)(=O)C[C@@H]2CCCS(=O)(=O)C2)c2ccccc2O1. The van der Waals surface area contributed by atoms with E-state index in [2.05, 4.69) is 5.32 Å². The fourth-order valence-electron chi connectivity index (χ4n) is 3.60. The summed E-state index contributed by atoms with van der Waals surface area (Å²) in [6, 6.07) is 6.67. The summed E-state index contributed by atoms with van der Waals surface area (Å²) in [5.74, 6) is -0.736. The predicted molar refractivity (Wildman–Crippen MR) is 107 cm³/mol. The summed E-state index contributed by atoms with van der Waals surface area (Å²) in [4.78, 5) is 12.4. The van der Waals surface area contributed by atoms with Gasteiger partial charge in [-0.05, 0) is 37.3 Å². The van der Waals surface area contributed by atoms with Gasteiger partial charge < -0.3 is 10.1 Å². The molecule has 28 heavy (non-hydrogen) atoms. The second kappa shape index (κ2) is 8.28. The minimum absolute atomic E-state index is 0.112. The maximum atomic E-state index is 13.2. The highest BCUT2D eigenvalue weighted by molar-refractivity contribution is 7.93. The molecular weight excluding hydrogens is 404 g/mol. The molecule has 156 valence electrons. The van der Waals surface area contributed by atoms with Crippen LogP contribution in [0.3, 0.4) is 0 Å². The van der Waals surface area contributed by atoms with E-state index in [-0.39, 0.29) is 29.7 Å². The van der Waals surface area contributed by atoms with Gasteiger partial charge in [0.25, 0.3) is 5.91 Å². The Morgan fingerprint density at radius 3 is 2.79 bits per heavy atom. The highest BCUT2D eigenvalue weighted by Gasteiger charge is 2.38. The number of sulfonamides is 1. The zero-order valence-corrected chi connectivity index (χ0v) is 17.5. The Hall–Kier alpha value is -1.81. The lowest BCUT2D eigenvalue weighted by molar-refractivity contribution is -0.127. The Labute approximate surface area is 166 Å². The molecule has 1 fully saturated rings. The number of nitrogens with one attached hydrogen (secondary N) is 1. The number of rotatable bonds is 6. The summed E-state index contributed by atoms with van der Waals surface area (Å²) >= 11 is 0. The van der Waals surface area contributed by atoms with E-state index in [1.807, 2.05) is 6.92 Å². The van der Waals surface area contributed by atoms with E-state index >= 15 is 0 Å². The molecule has 2 aliphatic heterocycles. The van der Waals surface area contributed by atoms with E-state index in [9.17, 15) is 21.6 Å². The number of ether oxygens (including phenoxy) is 1. The van der Waals surface area contributed by atoms with Gasteiger partial charge in [0.1, 0.15) is 5.75 Å². The number of anilines is 1. The minimum atomic E-state index is -3.82. The minimum Gasteiger partial charge on any atom is -0.476 e. The van der Waals surface area contributed by atoms with Crippen LogP contribution >= 0.6 is 0 Å². The highest BCUT2D eigenvalue weighted by Crippen LogP contribution is 2.36. The number of hydrogen-bond acceptors (Lipinski definition) is 6. The second-order valence-corrected chi connectivity index (χ2v) is 11.5. The number of para-hydroxylation sites is 2. The van der Waals surface area contributed by atoms with Gasteiger partial charge >= 0.3 is 0 Å². The molecule has 0 radical (unpaired) electrons. The second-order valence-electron chi connectivity index (χ2n) is 7.30. The predicted octanol–water partition coefficient (Wildman–Crippen LogP) is 0.935. The summed E-state index contributed by atoms with van der Waals surface area (Å²) in [6.07, 6.45) is 0.842. The van der Waals surface area contributed by atoms with Crippen LogP contribution in [0.2, 0.25) is 0 Å². The topological polar surface area (TPSA) is 110 Å². The van der Waals surface area contributed by atoms with E-state index in [1.54, 1.807) is 24.3 Å². The lowest BCUT2D eigenvalue weighted by Gasteiger charge is -2.35. The first-order valence-electron chi connectivity index (χ1n) is 9.46. The summed E-state index contributed by atoms with van der Waals surface area (Å²) < 4.78 is 57.0. The fraction of sp³-hybridized carbons (Fsp3) is 0.611. The van der Waals surface area contributed by atoms with Gasteiger partial charge in [0.2, 0.25) is 10.0 Å². The molecule has 0 aliphatic carbocycles. The molecule has 1 N–H and O–H groups in total. The van der Waals surface area contributed by atoms with Gasteiger partial charge in [-0.25, -0.2) is 16.8 Å². The highest BCUT2D eigenvalue weighted by atomic mass is 32.2. The molecule has 8 nitrogen and oxygen atoms in total. The quantitative estimate of drug-likeness (QED) is 0.719. The Morgan fingerprint density at radius 2 is 2.07 bits per heavy atom. The first-order valence-corrected chi connectivity index (χ1v) is 12.9. The number of hydrogen-bond donors (Lipinski definition) is 1. The van der Waals surface area contributed by atoms with Gasteiger partial charge in [-0.1, -0.05) is 19.1 Å². The third-order valence-electron chi connectivity index (χ3n) is 4.92. The van der Waals surface area contributed by atoms with Gasteiger partial charge in [0.05, 0.1) is 29.5 Å². The average molecular weight is 431 g/mol. The van der Waals surface area contributed by atoms with Gasteiger partial charge in [-0.15, -0.1) is 0 Å². The molecule has 1 aromatic carbocycles. The average Bonchev–Trinajstić information content (AvgIpc) is 2.64. The monoisotopic (exact) mass is 430 g/mol. The number of carbonyl (C=O) groups is 1. The van der Waals surface area contributed by atoms with Crippen molar-refractivity contribution in [1.82, 2.24) is 5.32 Å². The molecule has 2 heterocycles. The van der Waals surface area contributed by atoms with Crippen LogP contribution in [0.15, 0.2) is 24.3 Å². The molecule has 1 aromatic rings. The van der Waals surface area contributed by atoms with Crippen LogP contribution in [0.4, 0.5) is 5.69 Å². The van der Waals surface area contributed by atoms with Gasteiger partial charge in [-0.3, -0.25) is 9.10 Å². The molecule has 2 atom stereocenters. The van der Waals surface area contributed by atoms with E-state index in [0.29, 0.717) is 30.8 Å². The van der Waals surface area contributed by atoms with Crippen LogP contribution in [-0.2, 0) is 24.7 Å². The summed E-state index contributed by atoms with van der Waals surface area (Å²) in [5.41, 5.74) is 0.376. The molecule has 1 saturated heterocycles. The molecule has 0 aromatic heterocycles. The summed E-state index contributed by atoms with van der Waals surface area (Å²) in [5, 5.41) is 2.73. The Balaban J connectivity index is 1.84. The standard InChI is InChI=1S/C18H26N2O6S2/c1-2-9-19-18(21)17-11-20(15-7-3-4-8-16(15)26-17)28(24,25)13-14-6-5-10-27(22,23)12-14/h3-4,7-8,14,17H,2,5-6,9-13H2,1H3,(H,19,21)/t14-,17-/m1/s1. The zero-order chi connectivity index (χ0) is 20.4. The first kappa shape index (κ1) is 20.9. The van der Waals surface area contributed by atoms with Crippen LogP contribution in [0.25, 0.3) is 0 Å². The van der Waals surface area contributed by atoms with Crippen molar-refractivity contribution in [1.29, 1.82) is 0 Å². The Kier molecular flexibility index (Phi) is 6.18. The van der Waals surface area contributed by atoms with E-state index in [1.165, 1.54) is 4.31 Å². The van der Waals surface area contributed by atoms with Gasteiger partial charge in [-0.2, -0.15) is 0 Å². The third-order valence-corrected chi connectivity index (χ3v) is 8.72. The largest absolute Gasteiger partial charge is 0.476 e. The molecule has 1 amide bonds. The molecular formula is C18H26N2O6S2. The zero-order valence-electron chi connectivity index (χ0n) is 15.8. The molecule has 10 heteroatoms. The maximum Gasteiger partial charge on any atom is 0.263 e. The lowest BCUT2D eigenvalue weighted by Crippen LogP contribution is -2.52. The number of amides is 1. The normalized spacial score (nSPS) is 24.1. The molecule has 3 rings (SSSR count).